The zero-order valence-electron chi connectivity index (χ0n) is 9.85. The minimum Gasteiger partial charge on any atom is -0.480 e. The lowest BCUT2D eigenvalue weighted by Crippen LogP contribution is -2.51. The fourth-order valence-corrected chi connectivity index (χ4v) is 2.28. The first-order valence-electron chi connectivity index (χ1n) is 5.86. The molecule has 1 aromatic rings. The van der Waals surface area contributed by atoms with Crippen LogP contribution in [0.1, 0.15) is 18.4 Å². The van der Waals surface area contributed by atoms with E-state index < -0.39 is 24.5 Å². The summed E-state index contributed by atoms with van der Waals surface area (Å²) in [5, 5.41) is 9.07. The van der Waals surface area contributed by atoms with E-state index in [1.165, 1.54) is 4.90 Å². The minimum atomic E-state index is -2.79. The molecule has 98 valence electrons. The number of rotatable bonds is 3. The van der Waals surface area contributed by atoms with Crippen LogP contribution in [-0.4, -0.2) is 34.5 Å². The molecule has 2 rings (SSSR count). The van der Waals surface area contributed by atoms with E-state index in [1.807, 2.05) is 30.3 Å². The topological polar surface area (TPSA) is 40.5 Å². The number of carboxylic acids is 1. The highest BCUT2D eigenvalue weighted by Crippen LogP contribution is 2.31. The number of halogens is 2. The summed E-state index contributed by atoms with van der Waals surface area (Å²) in [6.45, 7) is -0.244. The molecule has 0 bridgehead atoms. The number of likely N-dealkylation sites (tertiary alicyclic amines) is 1. The molecule has 1 aliphatic heterocycles. The first-order valence-corrected chi connectivity index (χ1v) is 5.86. The van der Waals surface area contributed by atoms with Gasteiger partial charge in [-0.15, -0.1) is 0 Å². The highest BCUT2D eigenvalue weighted by molar-refractivity contribution is 5.73. The number of aliphatic carboxylic acids is 1. The van der Waals surface area contributed by atoms with Crippen molar-refractivity contribution in [3.8, 4) is 0 Å². The lowest BCUT2D eigenvalue weighted by atomic mass is 9.98. The molecule has 5 heteroatoms. The van der Waals surface area contributed by atoms with E-state index in [2.05, 4.69) is 0 Å². The Labute approximate surface area is 104 Å². The van der Waals surface area contributed by atoms with Crippen LogP contribution in [0.4, 0.5) is 8.78 Å². The summed E-state index contributed by atoms with van der Waals surface area (Å²) < 4.78 is 26.7. The largest absolute Gasteiger partial charge is 0.480 e. The minimum absolute atomic E-state index is 0.00479. The number of piperidine rings is 1. The zero-order chi connectivity index (χ0) is 13.2. The summed E-state index contributed by atoms with van der Waals surface area (Å²) in [7, 11) is 0. The smallest absolute Gasteiger partial charge is 0.320 e. The Balaban J connectivity index is 2.13. The molecule has 0 radical (unpaired) electrons. The van der Waals surface area contributed by atoms with E-state index in [9.17, 15) is 13.6 Å². The van der Waals surface area contributed by atoms with Gasteiger partial charge in [-0.1, -0.05) is 30.3 Å². The van der Waals surface area contributed by atoms with E-state index in [0.717, 1.165) is 5.56 Å². The molecule has 0 amide bonds. The van der Waals surface area contributed by atoms with Gasteiger partial charge in [-0.25, -0.2) is 8.78 Å². The van der Waals surface area contributed by atoms with Gasteiger partial charge in [0.2, 0.25) is 0 Å². The Morgan fingerprint density at radius 3 is 2.67 bits per heavy atom. The van der Waals surface area contributed by atoms with Gasteiger partial charge < -0.3 is 5.11 Å². The lowest BCUT2D eigenvalue weighted by molar-refractivity contribution is -0.152. The van der Waals surface area contributed by atoms with Crippen molar-refractivity contribution in [2.24, 2.45) is 0 Å². The quantitative estimate of drug-likeness (QED) is 0.901. The second-order valence-corrected chi connectivity index (χ2v) is 4.64. The molecule has 0 spiro atoms. The average Bonchev–Trinajstić information content (AvgIpc) is 2.28. The van der Waals surface area contributed by atoms with E-state index in [-0.39, 0.29) is 19.4 Å². The van der Waals surface area contributed by atoms with Crippen LogP contribution in [0, 0.1) is 0 Å². The fourth-order valence-electron chi connectivity index (χ4n) is 2.28. The number of nitrogens with zero attached hydrogens (tertiary/aromatic N) is 1. The number of alkyl halides is 2. The van der Waals surface area contributed by atoms with Crippen molar-refractivity contribution in [2.45, 2.75) is 31.4 Å². The normalized spacial score (nSPS) is 23.8. The van der Waals surface area contributed by atoms with E-state index >= 15 is 0 Å². The highest BCUT2D eigenvalue weighted by Gasteiger charge is 2.42. The van der Waals surface area contributed by atoms with Crippen molar-refractivity contribution in [1.29, 1.82) is 0 Å². The van der Waals surface area contributed by atoms with Crippen LogP contribution in [0.5, 0.6) is 0 Å². The molecule has 1 fully saturated rings. The molecule has 1 N–H and O–H groups in total. The Bertz CT molecular complexity index is 422. The van der Waals surface area contributed by atoms with Crippen LogP contribution in [0.3, 0.4) is 0 Å². The molecule has 1 aliphatic rings. The maximum Gasteiger partial charge on any atom is 0.320 e. The van der Waals surface area contributed by atoms with Crippen LogP contribution in [0.15, 0.2) is 30.3 Å². The molecule has 1 saturated heterocycles. The molecule has 3 nitrogen and oxygen atoms in total. The Morgan fingerprint density at radius 2 is 2.06 bits per heavy atom. The summed E-state index contributed by atoms with van der Waals surface area (Å²) in [5.41, 5.74) is 0.849. The number of hydrogen-bond donors (Lipinski definition) is 1. The Hall–Kier alpha value is -1.49. The monoisotopic (exact) mass is 255 g/mol. The maximum absolute atomic E-state index is 13.4. The van der Waals surface area contributed by atoms with Gasteiger partial charge in [0, 0.05) is 13.0 Å². The third-order valence-electron chi connectivity index (χ3n) is 3.17. The standard InChI is InChI=1S/C13H15F2NO2/c14-13(15)7-6-11(12(17)18)16(9-13)8-10-4-2-1-3-5-10/h1-5,11H,6-9H2,(H,17,18). The third kappa shape index (κ3) is 3.04. The molecule has 0 aromatic heterocycles. The molecule has 1 atom stereocenters. The van der Waals surface area contributed by atoms with E-state index in [0.29, 0.717) is 0 Å². The molecular formula is C13H15F2NO2. The fraction of sp³-hybridized carbons (Fsp3) is 0.462. The van der Waals surface area contributed by atoms with Crippen LogP contribution in [-0.2, 0) is 11.3 Å². The van der Waals surface area contributed by atoms with Crippen LogP contribution in [0.25, 0.3) is 0 Å². The number of hydrogen-bond acceptors (Lipinski definition) is 2. The van der Waals surface area contributed by atoms with Crippen molar-refractivity contribution >= 4 is 5.97 Å². The summed E-state index contributed by atoms with van der Waals surface area (Å²) in [4.78, 5) is 12.4. The summed E-state index contributed by atoms with van der Waals surface area (Å²) >= 11 is 0. The van der Waals surface area contributed by atoms with Gasteiger partial charge in [0.05, 0.1) is 6.54 Å². The zero-order valence-corrected chi connectivity index (χ0v) is 9.85. The molecule has 0 aliphatic carbocycles. The lowest BCUT2D eigenvalue weighted by Gasteiger charge is -2.37. The van der Waals surface area contributed by atoms with E-state index in [4.69, 9.17) is 5.11 Å². The SMILES string of the molecule is O=C(O)C1CCC(F)(F)CN1Cc1ccccc1. The Kier molecular flexibility index (Phi) is 3.61. The van der Waals surface area contributed by atoms with Crippen LogP contribution < -0.4 is 0 Å². The van der Waals surface area contributed by atoms with Crippen molar-refractivity contribution in [3.05, 3.63) is 35.9 Å². The molecule has 18 heavy (non-hydrogen) atoms. The molecular weight excluding hydrogens is 240 g/mol. The van der Waals surface area contributed by atoms with Gasteiger partial charge in [-0.2, -0.15) is 0 Å². The van der Waals surface area contributed by atoms with Gasteiger partial charge >= 0.3 is 5.97 Å². The molecule has 1 heterocycles. The number of benzene rings is 1. The molecule has 1 aromatic carbocycles. The van der Waals surface area contributed by atoms with Crippen molar-refractivity contribution in [1.82, 2.24) is 4.90 Å². The maximum atomic E-state index is 13.4. The summed E-state index contributed by atoms with van der Waals surface area (Å²) in [6.07, 6.45) is -0.357. The Morgan fingerprint density at radius 1 is 1.39 bits per heavy atom. The first kappa shape index (κ1) is 13.0. The first-order chi connectivity index (χ1) is 8.48. The van der Waals surface area contributed by atoms with Gasteiger partial charge in [0.25, 0.3) is 5.92 Å². The van der Waals surface area contributed by atoms with Crippen molar-refractivity contribution in [2.75, 3.05) is 6.54 Å². The highest BCUT2D eigenvalue weighted by atomic mass is 19.3. The summed E-state index contributed by atoms with van der Waals surface area (Å²) in [6, 6.07) is 8.27. The van der Waals surface area contributed by atoms with Gasteiger partial charge in [0.1, 0.15) is 6.04 Å². The van der Waals surface area contributed by atoms with Gasteiger partial charge in [-0.05, 0) is 12.0 Å². The predicted molar refractivity (Wildman–Crippen MR) is 62.5 cm³/mol. The van der Waals surface area contributed by atoms with Crippen LogP contribution in [0.2, 0.25) is 0 Å². The van der Waals surface area contributed by atoms with Gasteiger partial charge in [0.15, 0.2) is 0 Å². The summed E-state index contributed by atoms with van der Waals surface area (Å²) in [5.74, 6) is -3.82. The van der Waals surface area contributed by atoms with Crippen molar-refractivity contribution < 1.29 is 18.7 Å². The number of carboxylic acid groups (broad SMARTS) is 1. The second kappa shape index (κ2) is 5.02. The van der Waals surface area contributed by atoms with Crippen molar-refractivity contribution in [3.63, 3.8) is 0 Å². The van der Waals surface area contributed by atoms with Gasteiger partial charge in [-0.3, -0.25) is 9.69 Å². The third-order valence-corrected chi connectivity index (χ3v) is 3.17. The second-order valence-electron chi connectivity index (χ2n) is 4.64. The predicted octanol–water partition coefficient (Wildman–Crippen LogP) is 2.37. The van der Waals surface area contributed by atoms with Crippen LogP contribution >= 0.6 is 0 Å². The van der Waals surface area contributed by atoms with E-state index in [1.54, 1.807) is 0 Å². The number of carbonyl (C=O) groups is 1. The molecule has 1 unspecified atom stereocenters. The average molecular weight is 255 g/mol. The molecule has 0 saturated carbocycles.